The minimum atomic E-state index is 0.229. The predicted molar refractivity (Wildman–Crippen MR) is 112 cm³/mol. The summed E-state index contributed by atoms with van der Waals surface area (Å²) >= 11 is 0. The molecule has 27 heavy (non-hydrogen) atoms. The number of benzene rings is 3. The quantitative estimate of drug-likeness (QED) is 0.543. The van der Waals surface area contributed by atoms with Gasteiger partial charge in [0, 0.05) is 36.6 Å². The average molecular weight is 360 g/mol. The highest BCUT2D eigenvalue weighted by atomic mass is 16.5. The van der Waals surface area contributed by atoms with E-state index < -0.39 is 0 Å². The van der Waals surface area contributed by atoms with Crippen molar-refractivity contribution in [2.75, 3.05) is 18.0 Å². The average Bonchev–Trinajstić information content (AvgIpc) is 2.70. The van der Waals surface area contributed by atoms with Gasteiger partial charge in [0.05, 0.1) is 5.69 Å². The van der Waals surface area contributed by atoms with Gasteiger partial charge in [-0.25, -0.2) is 0 Å². The molecular weight excluding hydrogens is 336 g/mol. The van der Waals surface area contributed by atoms with E-state index in [9.17, 15) is 5.11 Å². The molecule has 0 aliphatic heterocycles. The Morgan fingerprint density at radius 3 is 2.19 bits per heavy atom. The first-order chi connectivity index (χ1) is 13.2. The topological polar surface area (TPSA) is 45.1 Å². The first-order valence-electron chi connectivity index (χ1n) is 9.14. The van der Waals surface area contributed by atoms with Crippen molar-refractivity contribution in [2.45, 2.75) is 13.8 Å². The van der Waals surface area contributed by atoms with Crippen molar-refractivity contribution < 1.29 is 9.84 Å². The third kappa shape index (κ3) is 4.88. The molecule has 0 fully saturated rings. The van der Waals surface area contributed by atoms with E-state index in [0.717, 1.165) is 36.0 Å². The van der Waals surface area contributed by atoms with Crippen LogP contribution < -0.4 is 9.64 Å². The molecule has 0 saturated heterocycles. The molecule has 138 valence electrons. The van der Waals surface area contributed by atoms with Gasteiger partial charge < -0.3 is 14.7 Å². The van der Waals surface area contributed by atoms with E-state index in [1.54, 1.807) is 12.3 Å². The Bertz CT molecular complexity index is 886. The first-order valence-corrected chi connectivity index (χ1v) is 9.14. The molecule has 0 saturated carbocycles. The summed E-state index contributed by atoms with van der Waals surface area (Å²) in [5, 5.41) is 10.3. The summed E-state index contributed by atoms with van der Waals surface area (Å²) in [6.07, 6.45) is 1.68. The summed E-state index contributed by atoms with van der Waals surface area (Å²) in [6.45, 7) is 6.00. The summed E-state index contributed by atoms with van der Waals surface area (Å²) in [5.41, 5.74) is 2.50. The molecule has 0 radical (unpaired) electrons. The molecule has 0 aliphatic rings. The molecule has 0 unspecified atom stereocenters. The van der Waals surface area contributed by atoms with Gasteiger partial charge in [0.25, 0.3) is 0 Å². The molecular formula is C23H24N2O2. The summed E-state index contributed by atoms with van der Waals surface area (Å²) in [7, 11) is 0. The SMILES string of the molecule is CCN(CC)c1ccc(C=Nc2ccc(Oc3ccccc3)cc2)c(O)c1. The third-order valence-corrected chi connectivity index (χ3v) is 4.31. The number of anilines is 1. The fourth-order valence-corrected chi connectivity index (χ4v) is 2.80. The highest BCUT2D eigenvalue weighted by molar-refractivity contribution is 5.86. The summed E-state index contributed by atoms with van der Waals surface area (Å²) in [6, 6.07) is 22.9. The molecule has 4 nitrogen and oxygen atoms in total. The number of phenols is 1. The van der Waals surface area contributed by atoms with Crippen molar-refractivity contribution in [3.63, 3.8) is 0 Å². The Labute approximate surface area is 160 Å². The number of hydrogen-bond donors (Lipinski definition) is 1. The van der Waals surface area contributed by atoms with E-state index in [2.05, 4.69) is 23.7 Å². The zero-order valence-electron chi connectivity index (χ0n) is 15.7. The maximum atomic E-state index is 10.3. The van der Waals surface area contributed by atoms with Crippen molar-refractivity contribution in [3.05, 3.63) is 78.4 Å². The van der Waals surface area contributed by atoms with Crippen LogP contribution in [0.3, 0.4) is 0 Å². The Kier molecular flexibility index (Phi) is 6.10. The second kappa shape index (κ2) is 8.90. The lowest BCUT2D eigenvalue weighted by Gasteiger charge is -2.21. The van der Waals surface area contributed by atoms with E-state index in [1.807, 2.05) is 66.7 Å². The van der Waals surface area contributed by atoms with Crippen LogP contribution in [0.4, 0.5) is 11.4 Å². The number of ether oxygens (including phenoxy) is 1. The van der Waals surface area contributed by atoms with E-state index >= 15 is 0 Å². The van der Waals surface area contributed by atoms with Crippen LogP contribution in [-0.4, -0.2) is 24.4 Å². The van der Waals surface area contributed by atoms with Crippen LogP contribution in [0.15, 0.2) is 77.8 Å². The molecule has 3 aromatic carbocycles. The van der Waals surface area contributed by atoms with Gasteiger partial charge in [-0.3, -0.25) is 4.99 Å². The van der Waals surface area contributed by atoms with Crippen molar-refractivity contribution in [2.24, 2.45) is 4.99 Å². The summed E-state index contributed by atoms with van der Waals surface area (Å²) < 4.78 is 5.78. The van der Waals surface area contributed by atoms with Crippen molar-refractivity contribution >= 4 is 17.6 Å². The highest BCUT2D eigenvalue weighted by Crippen LogP contribution is 2.26. The summed E-state index contributed by atoms with van der Waals surface area (Å²) in [4.78, 5) is 6.63. The Hall–Kier alpha value is -3.27. The van der Waals surface area contributed by atoms with E-state index in [-0.39, 0.29) is 5.75 Å². The molecule has 1 N–H and O–H groups in total. The van der Waals surface area contributed by atoms with Crippen LogP contribution in [0, 0.1) is 0 Å². The molecule has 0 aliphatic carbocycles. The highest BCUT2D eigenvalue weighted by Gasteiger charge is 2.05. The molecule has 0 heterocycles. The van der Waals surface area contributed by atoms with Gasteiger partial charge >= 0.3 is 0 Å². The Morgan fingerprint density at radius 1 is 0.889 bits per heavy atom. The smallest absolute Gasteiger partial charge is 0.127 e. The van der Waals surface area contributed by atoms with Crippen LogP contribution >= 0.6 is 0 Å². The fourth-order valence-electron chi connectivity index (χ4n) is 2.80. The first kappa shape index (κ1) is 18.5. The number of nitrogens with zero attached hydrogens (tertiary/aromatic N) is 2. The Balaban J connectivity index is 1.69. The van der Waals surface area contributed by atoms with Crippen LogP contribution in [0.2, 0.25) is 0 Å². The van der Waals surface area contributed by atoms with Gasteiger partial charge in [0.1, 0.15) is 17.2 Å². The predicted octanol–water partition coefficient (Wildman–Crippen LogP) is 5.78. The number of hydrogen-bond acceptors (Lipinski definition) is 4. The number of aromatic hydroxyl groups is 1. The zero-order chi connectivity index (χ0) is 19.1. The number of para-hydroxylation sites is 1. The molecule has 0 aromatic heterocycles. The molecule has 4 heteroatoms. The van der Waals surface area contributed by atoms with E-state index in [4.69, 9.17) is 4.74 Å². The fraction of sp³-hybridized carbons (Fsp3) is 0.174. The molecule has 0 bridgehead atoms. The monoisotopic (exact) mass is 360 g/mol. The number of aliphatic imine (C=N–C) groups is 1. The minimum Gasteiger partial charge on any atom is -0.507 e. The van der Waals surface area contributed by atoms with Gasteiger partial charge in [-0.2, -0.15) is 0 Å². The Morgan fingerprint density at radius 2 is 1.56 bits per heavy atom. The van der Waals surface area contributed by atoms with E-state index in [0.29, 0.717) is 5.56 Å². The van der Waals surface area contributed by atoms with Crippen LogP contribution in [-0.2, 0) is 0 Å². The lowest BCUT2D eigenvalue weighted by Crippen LogP contribution is -2.21. The molecule has 0 amide bonds. The van der Waals surface area contributed by atoms with Gasteiger partial charge in [-0.05, 0) is 62.4 Å². The maximum Gasteiger partial charge on any atom is 0.127 e. The van der Waals surface area contributed by atoms with Crippen molar-refractivity contribution in [1.82, 2.24) is 0 Å². The van der Waals surface area contributed by atoms with Crippen molar-refractivity contribution in [1.29, 1.82) is 0 Å². The third-order valence-electron chi connectivity index (χ3n) is 4.31. The maximum absolute atomic E-state index is 10.3. The van der Waals surface area contributed by atoms with E-state index in [1.165, 1.54) is 0 Å². The lowest BCUT2D eigenvalue weighted by molar-refractivity contribution is 0.474. The van der Waals surface area contributed by atoms with Gasteiger partial charge in [0.2, 0.25) is 0 Å². The molecule has 3 aromatic rings. The summed E-state index contributed by atoms with van der Waals surface area (Å²) in [5.74, 6) is 1.78. The number of rotatable bonds is 7. The second-order valence-electron chi connectivity index (χ2n) is 6.08. The van der Waals surface area contributed by atoms with Crippen LogP contribution in [0.5, 0.6) is 17.2 Å². The van der Waals surface area contributed by atoms with Gasteiger partial charge in [-0.1, -0.05) is 18.2 Å². The van der Waals surface area contributed by atoms with Gasteiger partial charge in [-0.15, -0.1) is 0 Å². The standard InChI is InChI=1S/C23H24N2O2/c1-3-25(4-2)20-13-10-18(23(26)16-20)17-24-19-11-14-22(15-12-19)27-21-8-6-5-7-9-21/h5-17,26H,3-4H2,1-2H3. The molecule has 3 rings (SSSR count). The lowest BCUT2D eigenvalue weighted by atomic mass is 10.2. The minimum absolute atomic E-state index is 0.229. The largest absolute Gasteiger partial charge is 0.507 e. The second-order valence-corrected chi connectivity index (χ2v) is 6.08. The van der Waals surface area contributed by atoms with Crippen molar-refractivity contribution in [3.8, 4) is 17.2 Å². The number of phenolic OH excluding ortho intramolecular Hbond substituents is 1. The molecule has 0 spiro atoms. The normalized spacial score (nSPS) is 10.9. The van der Waals surface area contributed by atoms with Crippen LogP contribution in [0.25, 0.3) is 0 Å². The van der Waals surface area contributed by atoms with Gasteiger partial charge in [0.15, 0.2) is 0 Å². The van der Waals surface area contributed by atoms with Crippen LogP contribution in [0.1, 0.15) is 19.4 Å². The molecule has 0 atom stereocenters. The zero-order valence-corrected chi connectivity index (χ0v) is 15.7.